The Morgan fingerprint density at radius 2 is 1.94 bits per heavy atom. The van der Waals surface area contributed by atoms with Crippen LogP contribution in [0, 0.1) is 0 Å². The summed E-state index contributed by atoms with van der Waals surface area (Å²) in [7, 11) is 0. The summed E-state index contributed by atoms with van der Waals surface area (Å²) in [6.45, 7) is 5.12. The minimum atomic E-state index is -0.344. The number of benzene rings is 1. The third-order valence-corrected chi connectivity index (χ3v) is 2.33. The van der Waals surface area contributed by atoms with Crippen LogP contribution < -0.4 is 0 Å². The van der Waals surface area contributed by atoms with Gasteiger partial charge in [0.25, 0.3) is 0 Å². The first-order valence-corrected chi connectivity index (χ1v) is 5.85. The molecule has 0 N–H and O–H groups in total. The van der Waals surface area contributed by atoms with Gasteiger partial charge in [-0.3, -0.25) is 4.79 Å². The van der Waals surface area contributed by atoms with E-state index in [1.54, 1.807) is 19.1 Å². The normalized spacial score (nSPS) is 13.4. The van der Waals surface area contributed by atoms with Gasteiger partial charge >= 0.3 is 5.97 Å². The number of carbonyl (C=O) groups excluding carboxylic acids is 1. The molecular weight excluding hydrogens is 228 g/mol. The quantitative estimate of drug-likeness (QED) is 0.451. The number of esters is 1. The molecule has 0 bridgehead atoms. The van der Waals surface area contributed by atoms with Gasteiger partial charge in [0.2, 0.25) is 0 Å². The van der Waals surface area contributed by atoms with Crippen LogP contribution in [0.15, 0.2) is 54.5 Å². The monoisotopic (exact) mass is 246 g/mol. The Bertz CT molecular complexity index is 432. The van der Waals surface area contributed by atoms with Gasteiger partial charge in [-0.25, -0.2) is 0 Å². The van der Waals surface area contributed by atoms with E-state index >= 15 is 0 Å². The van der Waals surface area contributed by atoms with Crippen molar-refractivity contribution < 1.29 is 14.3 Å². The Balaban J connectivity index is 2.52. The van der Waals surface area contributed by atoms with Gasteiger partial charge in [-0.2, -0.15) is 0 Å². The van der Waals surface area contributed by atoms with Crippen LogP contribution in [-0.4, -0.2) is 5.97 Å². The van der Waals surface area contributed by atoms with Crippen LogP contribution in [0.2, 0.25) is 0 Å². The minimum Gasteiger partial charge on any atom is -0.493 e. The third-order valence-electron chi connectivity index (χ3n) is 2.33. The van der Waals surface area contributed by atoms with Gasteiger partial charge in [-0.15, -0.1) is 0 Å². The lowest BCUT2D eigenvalue weighted by Crippen LogP contribution is -1.97. The summed E-state index contributed by atoms with van der Waals surface area (Å²) in [4.78, 5) is 10.8. The molecular formula is C15H18O3. The number of rotatable bonds is 5. The average molecular weight is 246 g/mol. The Kier molecular flexibility index (Phi) is 5.71. The summed E-state index contributed by atoms with van der Waals surface area (Å²) < 4.78 is 10.5. The van der Waals surface area contributed by atoms with Crippen molar-refractivity contribution in [2.45, 2.75) is 26.9 Å². The van der Waals surface area contributed by atoms with Crippen molar-refractivity contribution in [1.29, 1.82) is 0 Å². The standard InChI is InChI=1S/C15H18O3/c1-4-15(18-13(3)16)10-11-17-12(2)14-8-6-5-7-9-14/h4-12H,1-3H3/b11-10+,15-4-/t12-/m0/s1. The summed E-state index contributed by atoms with van der Waals surface area (Å²) in [5, 5.41) is 0. The molecule has 1 aromatic carbocycles. The van der Waals surface area contributed by atoms with Crippen molar-refractivity contribution in [1.82, 2.24) is 0 Å². The molecule has 0 aliphatic rings. The lowest BCUT2D eigenvalue weighted by atomic mass is 10.1. The molecule has 0 radical (unpaired) electrons. The Morgan fingerprint density at radius 1 is 1.28 bits per heavy atom. The Labute approximate surface area is 108 Å². The lowest BCUT2D eigenvalue weighted by Gasteiger charge is -2.11. The summed E-state index contributed by atoms with van der Waals surface area (Å²) in [6, 6.07) is 9.90. The average Bonchev–Trinajstić information content (AvgIpc) is 2.38. The van der Waals surface area contributed by atoms with Crippen molar-refractivity contribution in [3.05, 3.63) is 60.1 Å². The van der Waals surface area contributed by atoms with E-state index in [0.29, 0.717) is 5.76 Å². The summed E-state index contributed by atoms with van der Waals surface area (Å²) in [6.07, 6.45) is 4.82. The number of hydrogen-bond acceptors (Lipinski definition) is 3. The first-order valence-electron chi connectivity index (χ1n) is 5.85. The highest BCUT2D eigenvalue weighted by Gasteiger charge is 2.03. The number of allylic oxidation sites excluding steroid dienone is 2. The summed E-state index contributed by atoms with van der Waals surface area (Å²) >= 11 is 0. The molecule has 0 fully saturated rings. The molecule has 0 heterocycles. The molecule has 0 aliphatic carbocycles. The van der Waals surface area contributed by atoms with Gasteiger partial charge in [0, 0.05) is 13.0 Å². The maximum absolute atomic E-state index is 10.8. The lowest BCUT2D eigenvalue weighted by molar-refractivity contribution is -0.136. The second kappa shape index (κ2) is 7.33. The molecule has 0 aromatic heterocycles. The summed E-state index contributed by atoms with van der Waals surface area (Å²) in [5.41, 5.74) is 1.09. The van der Waals surface area contributed by atoms with Gasteiger partial charge in [-0.05, 0) is 25.5 Å². The number of ether oxygens (including phenoxy) is 2. The first kappa shape index (κ1) is 14.0. The van der Waals surface area contributed by atoms with Gasteiger partial charge in [-0.1, -0.05) is 30.3 Å². The highest BCUT2D eigenvalue weighted by atomic mass is 16.5. The second-order valence-electron chi connectivity index (χ2n) is 3.78. The largest absolute Gasteiger partial charge is 0.493 e. The SMILES string of the molecule is C/C=C(/C=C/O[C@@H](C)c1ccccc1)OC(C)=O. The molecule has 0 saturated heterocycles. The molecule has 1 atom stereocenters. The smallest absolute Gasteiger partial charge is 0.308 e. The highest BCUT2D eigenvalue weighted by Crippen LogP contribution is 2.16. The number of carbonyl (C=O) groups is 1. The summed E-state index contributed by atoms with van der Waals surface area (Å²) in [5.74, 6) is 0.131. The molecule has 1 aromatic rings. The predicted octanol–water partition coefficient (Wildman–Crippen LogP) is 3.74. The molecule has 0 aliphatic heterocycles. The molecule has 18 heavy (non-hydrogen) atoms. The van der Waals surface area contributed by atoms with Gasteiger partial charge in [0.05, 0.1) is 6.26 Å². The van der Waals surface area contributed by atoms with E-state index in [2.05, 4.69) is 0 Å². The van der Waals surface area contributed by atoms with Crippen LogP contribution >= 0.6 is 0 Å². The van der Waals surface area contributed by atoms with Crippen LogP contribution in [0.4, 0.5) is 0 Å². The van der Waals surface area contributed by atoms with Crippen LogP contribution in [0.1, 0.15) is 32.4 Å². The maximum atomic E-state index is 10.8. The number of hydrogen-bond donors (Lipinski definition) is 0. The van der Waals surface area contributed by atoms with Crippen LogP contribution in [0.5, 0.6) is 0 Å². The molecule has 96 valence electrons. The van der Waals surface area contributed by atoms with Crippen molar-refractivity contribution >= 4 is 5.97 Å². The maximum Gasteiger partial charge on any atom is 0.308 e. The van der Waals surface area contributed by atoms with E-state index in [-0.39, 0.29) is 12.1 Å². The van der Waals surface area contributed by atoms with Crippen molar-refractivity contribution in [2.75, 3.05) is 0 Å². The van der Waals surface area contributed by atoms with E-state index in [1.165, 1.54) is 13.2 Å². The van der Waals surface area contributed by atoms with E-state index < -0.39 is 0 Å². The third kappa shape index (κ3) is 4.87. The molecule has 0 amide bonds. The Hall–Kier alpha value is -2.03. The van der Waals surface area contributed by atoms with Crippen molar-refractivity contribution in [3.8, 4) is 0 Å². The fourth-order valence-electron chi connectivity index (χ4n) is 1.38. The van der Waals surface area contributed by atoms with Gasteiger partial charge < -0.3 is 9.47 Å². The fraction of sp³-hybridized carbons (Fsp3) is 0.267. The molecule has 3 nitrogen and oxygen atoms in total. The van der Waals surface area contributed by atoms with Crippen LogP contribution in [0.3, 0.4) is 0 Å². The van der Waals surface area contributed by atoms with Crippen LogP contribution in [0.25, 0.3) is 0 Å². The highest BCUT2D eigenvalue weighted by molar-refractivity contribution is 5.67. The van der Waals surface area contributed by atoms with E-state index in [1.807, 2.05) is 37.3 Å². The zero-order chi connectivity index (χ0) is 13.4. The van der Waals surface area contributed by atoms with Crippen LogP contribution in [-0.2, 0) is 14.3 Å². The fourth-order valence-corrected chi connectivity index (χ4v) is 1.38. The van der Waals surface area contributed by atoms with E-state index in [4.69, 9.17) is 9.47 Å². The Morgan fingerprint density at radius 3 is 2.50 bits per heavy atom. The van der Waals surface area contributed by atoms with Gasteiger partial charge in [0.1, 0.15) is 11.9 Å². The van der Waals surface area contributed by atoms with E-state index in [0.717, 1.165) is 5.56 Å². The molecule has 0 spiro atoms. The zero-order valence-corrected chi connectivity index (χ0v) is 10.9. The zero-order valence-electron chi connectivity index (χ0n) is 10.9. The molecule has 1 rings (SSSR count). The topological polar surface area (TPSA) is 35.5 Å². The van der Waals surface area contributed by atoms with Crippen molar-refractivity contribution in [2.24, 2.45) is 0 Å². The second-order valence-corrected chi connectivity index (χ2v) is 3.78. The molecule has 0 unspecified atom stereocenters. The predicted molar refractivity (Wildman–Crippen MR) is 70.6 cm³/mol. The first-order chi connectivity index (χ1) is 8.63. The minimum absolute atomic E-state index is 0.0436. The molecule has 0 saturated carbocycles. The molecule has 3 heteroatoms. The van der Waals surface area contributed by atoms with E-state index in [9.17, 15) is 4.79 Å². The van der Waals surface area contributed by atoms with Crippen molar-refractivity contribution in [3.63, 3.8) is 0 Å². The van der Waals surface area contributed by atoms with Gasteiger partial charge in [0.15, 0.2) is 0 Å².